The molecular weight excluding hydrogens is 284 g/mol. The number of rotatable bonds is 5. The van der Waals surface area contributed by atoms with E-state index >= 15 is 0 Å². The van der Waals surface area contributed by atoms with Gasteiger partial charge in [-0.15, -0.1) is 0 Å². The lowest BCUT2D eigenvalue weighted by Gasteiger charge is -2.31. The summed E-state index contributed by atoms with van der Waals surface area (Å²) < 4.78 is 15.4. The van der Waals surface area contributed by atoms with Crippen molar-refractivity contribution >= 4 is 11.8 Å². The van der Waals surface area contributed by atoms with E-state index in [0.717, 1.165) is 18.4 Å². The molecule has 120 valence electrons. The number of esters is 1. The second-order valence-corrected chi connectivity index (χ2v) is 5.48. The van der Waals surface area contributed by atoms with Gasteiger partial charge in [-0.05, 0) is 37.0 Å². The fourth-order valence-corrected chi connectivity index (χ4v) is 3.15. The average Bonchev–Trinajstić information content (AvgIpc) is 2.54. The van der Waals surface area contributed by atoms with E-state index in [4.69, 9.17) is 14.2 Å². The van der Waals surface area contributed by atoms with Crippen LogP contribution in [0.15, 0.2) is 18.2 Å². The van der Waals surface area contributed by atoms with Gasteiger partial charge in [0.25, 0.3) is 0 Å². The van der Waals surface area contributed by atoms with E-state index in [9.17, 15) is 9.59 Å². The lowest BCUT2D eigenvalue weighted by molar-refractivity contribution is -0.142. The lowest BCUT2D eigenvalue weighted by atomic mass is 9.73. The second kappa shape index (κ2) is 7.29. The minimum Gasteiger partial charge on any atom is -0.497 e. The Kier molecular flexibility index (Phi) is 5.41. The van der Waals surface area contributed by atoms with Gasteiger partial charge in [-0.1, -0.05) is 0 Å². The Morgan fingerprint density at radius 2 is 2.00 bits per heavy atom. The van der Waals surface area contributed by atoms with E-state index in [0.29, 0.717) is 17.9 Å². The normalized spacial score (nSPS) is 21.3. The molecule has 1 aromatic rings. The Balaban J connectivity index is 2.39. The highest BCUT2D eigenvalue weighted by Crippen LogP contribution is 2.42. The maximum absolute atomic E-state index is 12.5. The lowest BCUT2D eigenvalue weighted by Crippen LogP contribution is -2.29. The van der Waals surface area contributed by atoms with E-state index in [1.807, 2.05) is 6.07 Å². The Bertz CT molecular complexity index is 552. The van der Waals surface area contributed by atoms with Gasteiger partial charge in [-0.25, -0.2) is 0 Å². The standard InChI is InChI=1S/C17H22O5/c1-20-12-7-8-15(21-2)13(10-12)17-11(9-16(19)22-3)5-4-6-14(17)18/h7-8,10-11,17H,4-6,9H2,1-3H3. The molecule has 22 heavy (non-hydrogen) atoms. The summed E-state index contributed by atoms with van der Waals surface area (Å²) in [6, 6.07) is 5.42. The van der Waals surface area contributed by atoms with Gasteiger partial charge in [0.05, 0.1) is 21.3 Å². The average molecular weight is 306 g/mol. The van der Waals surface area contributed by atoms with Crippen LogP contribution in [-0.2, 0) is 14.3 Å². The molecule has 0 saturated heterocycles. The third kappa shape index (κ3) is 3.40. The van der Waals surface area contributed by atoms with Crippen molar-refractivity contribution in [3.63, 3.8) is 0 Å². The highest BCUT2D eigenvalue weighted by atomic mass is 16.5. The van der Waals surface area contributed by atoms with Gasteiger partial charge < -0.3 is 14.2 Å². The predicted octanol–water partition coefficient (Wildman–Crippen LogP) is 2.72. The molecule has 0 amide bonds. The van der Waals surface area contributed by atoms with Crippen molar-refractivity contribution in [1.82, 2.24) is 0 Å². The van der Waals surface area contributed by atoms with Crippen LogP contribution in [0.3, 0.4) is 0 Å². The van der Waals surface area contributed by atoms with E-state index in [2.05, 4.69) is 0 Å². The third-order valence-electron chi connectivity index (χ3n) is 4.24. The van der Waals surface area contributed by atoms with E-state index < -0.39 is 0 Å². The zero-order valence-electron chi connectivity index (χ0n) is 13.3. The number of methoxy groups -OCH3 is 3. The third-order valence-corrected chi connectivity index (χ3v) is 4.24. The first-order valence-corrected chi connectivity index (χ1v) is 7.42. The Labute approximate surface area is 130 Å². The predicted molar refractivity (Wildman–Crippen MR) is 81.3 cm³/mol. The van der Waals surface area contributed by atoms with Gasteiger partial charge in [-0.2, -0.15) is 0 Å². The van der Waals surface area contributed by atoms with Crippen molar-refractivity contribution in [2.24, 2.45) is 5.92 Å². The summed E-state index contributed by atoms with van der Waals surface area (Å²) in [6.45, 7) is 0. The van der Waals surface area contributed by atoms with Gasteiger partial charge >= 0.3 is 5.97 Å². The zero-order valence-corrected chi connectivity index (χ0v) is 13.3. The molecule has 2 unspecified atom stereocenters. The molecule has 0 aliphatic heterocycles. The van der Waals surface area contributed by atoms with Crippen LogP contribution in [0.25, 0.3) is 0 Å². The molecular formula is C17H22O5. The quantitative estimate of drug-likeness (QED) is 0.783. The van der Waals surface area contributed by atoms with Crippen molar-refractivity contribution in [3.05, 3.63) is 23.8 Å². The van der Waals surface area contributed by atoms with Crippen LogP contribution in [0.1, 0.15) is 37.2 Å². The van der Waals surface area contributed by atoms with Gasteiger partial charge in [0, 0.05) is 24.3 Å². The number of hydrogen-bond acceptors (Lipinski definition) is 5. The fourth-order valence-electron chi connectivity index (χ4n) is 3.15. The van der Waals surface area contributed by atoms with Gasteiger partial charge in [0.2, 0.25) is 0 Å². The molecule has 1 aliphatic rings. The summed E-state index contributed by atoms with van der Waals surface area (Å²) in [4.78, 5) is 24.1. The number of carbonyl (C=O) groups is 2. The van der Waals surface area contributed by atoms with Crippen LogP contribution in [0.4, 0.5) is 0 Å². The molecule has 2 atom stereocenters. The van der Waals surface area contributed by atoms with E-state index in [1.165, 1.54) is 7.11 Å². The molecule has 2 rings (SSSR count). The van der Waals surface area contributed by atoms with Gasteiger partial charge in [0.1, 0.15) is 17.3 Å². The SMILES string of the molecule is COC(=O)CC1CCCC(=O)C1c1cc(OC)ccc1OC. The van der Waals surface area contributed by atoms with Crippen LogP contribution >= 0.6 is 0 Å². The van der Waals surface area contributed by atoms with E-state index in [-0.39, 0.29) is 30.0 Å². The summed E-state index contributed by atoms with van der Waals surface area (Å²) in [6.07, 6.45) is 2.41. The molecule has 0 aromatic heterocycles. The summed E-state index contributed by atoms with van der Waals surface area (Å²) in [5.74, 6) is 0.771. The molecule has 1 aromatic carbocycles. The Morgan fingerprint density at radius 3 is 2.64 bits per heavy atom. The summed E-state index contributed by atoms with van der Waals surface area (Å²) >= 11 is 0. The van der Waals surface area contributed by atoms with Crippen molar-refractivity contribution in [2.75, 3.05) is 21.3 Å². The van der Waals surface area contributed by atoms with Gasteiger partial charge in [0.15, 0.2) is 0 Å². The van der Waals surface area contributed by atoms with Crippen molar-refractivity contribution in [3.8, 4) is 11.5 Å². The smallest absolute Gasteiger partial charge is 0.305 e. The fraction of sp³-hybridized carbons (Fsp3) is 0.529. The van der Waals surface area contributed by atoms with E-state index in [1.54, 1.807) is 26.4 Å². The molecule has 1 saturated carbocycles. The first kappa shape index (κ1) is 16.3. The Morgan fingerprint density at radius 1 is 1.23 bits per heavy atom. The minimum atomic E-state index is -0.349. The highest BCUT2D eigenvalue weighted by molar-refractivity contribution is 5.88. The van der Waals surface area contributed by atoms with Crippen LogP contribution in [0.5, 0.6) is 11.5 Å². The van der Waals surface area contributed by atoms with Gasteiger partial charge in [-0.3, -0.25) is 9.59 Å². The number of benzene rings is 1. The number of Topliss-reactive ketones (excluding diaryl/α,β-unsaturated/α-hetero) is 1. The largest absolute Gasteiger partial charge is 0.497 e. The molecule has 5 nitrogen and oxygen atoms in total. The molecule has 5 heteroatoms. The summed E-state index contributed by atoms with van der Waals surface area (Å²) in [7, 11) is 4.53. The molecule has 0 N–H and O–H groups in total. The minimum absolute atomic E-state index is 0.0605. The number of ketones is 1. The molecule has 0 heterocycles. The van der Waals surface area contributed by atoms with Crippen LogP contribution in [0.2, 0.25) is 0 Å². The monoisotopic (exact) mass is 306 g/mol. The topological polar surface area (TPSA) is 61.8 Å². The summed E-state index contributed by atoms with van der Waals surface area (Å²) in [5.41, 5.74) is 0.792. The van der Waals surface area contributed by atoms with Crippen LogP contribution in [-0.4, -0.2) is 33.1 Å². The number of hydrogen-bond donors (Lipinski definition) is 0. The zero-order chi connectivity index (χ0) is 16.1. The first-order valence-electron chi connectivity index (χ1n) is 7.42. The summed E-state index contributed by atoms with van der Waals surface area (Å²) in [5, 5.41) is 0. The number of ether oxygens (including phenoxy) is 3. The molecule has 0 radical (unpaired) electrons. The first-order chi connectivity index (χ1) is 10.6. The van der Waals surface area contributed by atoms with Crippen molar-refractivity contribution in [1.29, 1.82) is 0 Å². The van der Waals surface area contributed by atoms with Crippen molar-refractivity contribution in [2.45, 2.75) is 31.6 Å². The molecule has 0 spiro atoms. The Hall–Kier alpha value is -2.04. The van der Waals surface area contributed by atoms with Crippen molar-refractivity contribution < 1.29 is 23.8 Å². The number of carbonyl (C=O) groups excluding carboxylic acids is 2. The van der Waals surface area contributed by atoms with Crippen LogP contribution in [0, 0.1) is 5.92 Å². The molecule has 0 bridgehead atoms. The maximum Gasteiger partial charge on any atom is 0.305 e. The molecule has 1 aliphatic carbocycles. The second-order valence-electron chi connectivity index (χ2n) is 5.48. The highest BCUT2D eigenvalue weighted by Gasteiger charge is 2.36. The molecule has 1 fully saturated rings. The van der Waals surface area contributed by atoms with Crippen LogP contribution < -0.4 is 9.47 Å². The maximum atomic E-state index is 12.5.